The van der Waals surface area contributed by atoms with Crippen molar-refractivity contribution in [3.63, 3.8) is 0 Å². The highest BCUT2D eigenvalue weighted by molar-refractivity contribution is 5.66. The lowest BCUT2D eigenvalue weighted by Crippen LogP contribution is -1.94. The van der Waals surface area contributed by atoms with Crippen molar-refractivity contribution in [2.24, 2.45) is 0 Å². The van der Waals surface area contributed by atoms with Crippen LogP contribution in [0.25, 0.3) is 11.1 Å². The van der Waals surface area contributed by atoms with Crippen molar-refractivity contribution in [3.8, 4) is 28.8 Å². The number of rotatable bonds is 4. The summed E-state index contributed by atoms with van der Waals surface area (Å²) in [7, 11) is 1.58. The van der Waals surface area contributed by atoms with Gasteiger partial charge in [0.1, 0.15) is 5.75 Å². The molecule has 0 aliphatic heterocycles. The van der Waals surface area contributed by atoms with Crippen molar-refractivity contribution in [2.75, 3.05) is 7.11 Å². The van der Waals surface area contributed by atoms with E-state index in [0.717, 1.165) is 11.1 Å². The topological polar surface area (TPSA) is 57.1 Å². The number of ether oxygens (including phenoxy) is 2. The molecular formula is C16H13N3O2. The van der Waals surface area contributed by atoms with E-state index in [0.29, 0.717) is 17.6 Å². The largest absolute Gasteiger partial charge is 0.481 e. The molecule has 0 aliphatic rings. The van der Waals surface area contributed by atoms with Gasteiger partial charge in [0.05, 0.1) is 7.11 Å². The Kier molecular flexibility index (Phi) is 3.73. The van der Waals surface area contributed by atoms with Crippen molar-refractivity contribution in [1.82, 2.24) is 15.0 Å². The Bertz CT molecular complexity index is 715. The molecule has 0 saturated heterocycles. The highest BCUT2D eigenvalue weighted by Crippen LogP contribution is 2.27. The predicted octanol–water partition coefficient (Wildman–Crippen LogP) is 3.34. The van der Waals surface area contributed by atoms with Gasteiger partial charge in [0.25, 0.3) is 0 Å². The molecule has 0 radical (unpaired) electrons. The molecule has 0 bridgehead atoms. The molecule has 0 fully saturated rings. The molecule has 21 heavy (non-hydrogen) atoms. The van der Waals surface area contributed by atoms with Gasteiger partial charge in [0.15, 0.2) is 0 Å². The Morgan fingerprint density at radius 3 is 2.33 bits per heavy atom. The van der Waals surface area contributed by atoms with Crippen LogP contribution in [0.5, 0.6) is 17.6 Å². The van der Waals surface area contributed by atoms with Crippen molar-refractivity contribution < 1.29 is 9.47 Å². The molecule has 5 heteroatoms. The summed E-state index contributed by atoms with van der Waals surface area (Å²) in [6.07, 6.45) is 5.05. The molecule has 3 aromatic rings. The molecule has 0 amide bonds. The lowest BCUT2D eigenvalue weighted by atomic mass is 10.1. The van der Waals surface area contributed by atoms with Crippen LogP contribution in [0, 0.1) is 0 Å². The highest BCUT2D eigenvalue weighted by Gasteiger charge is 2.08. The Morgan fingerprint density at radius 1 is 0.857 bits per heavy atom. The first-order valence-electron chi connectivity index (χ1n) is 6.41. The number of hydrogen-bond acceptors (Lipinski definition) is 5. The summed E-state index contributed by atoms with van der Waals surface area (Å²) < 4.78 is 10.8. The Hall–Kier alpha value is -2.95. The standard InChI is InChI=1S/C16H13N3O2/c1-20-15-14(8-5-9-17-15)12-10-18-16(19-11-12)21-13-6-3-2-4-7-13/h2-11H,1H3. The Balaban J connectivity index is 1.84. The second-order valence-electron chi connectivity index (χ2n) is 4.23. The molecule has 0 N–H and O–H groups in total. The number of hydrogen-bond donors (Lipinski definition) is 0. The number of pyridine rings is 1. The Labute approximate surface area is 122 Å². The van der Waals surface area contributed by atoms with Gasteiger partial charge in [-0.2, -0.15) is 0 Å². The third kappa shape index (κ3) is 2.97. The third-order valence-corrected chi connectivity index (χ3v) is 2.86. The van der Waals surface area contributed by atoms with Crippen LogP contribution in [-0.2, 0) is 0 Å². The second-order valence-corrected chi connectivity index (χ2v) is 4.23. The molecule has 3 rings (SSSR count). The maximum atomic E-state index is 5.56. The van der Waals surface area contributed by atoms with Gasteiger partial charge >= 0.3 is 6.01 Å². The summed E-state index contributed by atoms with van der Waals surface area (Å²) in [6.45, 7) is 0. The van der Waals surface area contributed by atoms with Crippen LogP contribution in [0.1, 0.15) is 0 Å². The van der Waals surface area contributed by atoms with E-state index in [1.165, 1.54) is 0 Å². The van der Waals surface area contributed by atoms with Crippen molar-refractivity contribution in [3.05, 3.63) is 61.1 Å². The fourth-order valence-electron chi connectivity index (χ4n) is 1.88. The van der Waals surface area contributed by atoms with Crippen LogP contribution in [-0.4, -0.2) is 22.1 Å². The predicted molar refractivity (Wildman–Crippen MR) is 78.3 cm³/mol. The minimum Gasteiger partial charge on any atom is -0.481 e. The third-order valence-electron chi connectivity index (χ3n) is 2.86. The zero-order valence-electron chi connectivity index (χ0n) is 11.4. The van der Waals surface area contributed by atoms with Crippen LogP contribution in [0.15, 0.2) is 61.1 Å². The second kappa shape index (κ2) is 6.00. The molecule has 0 saturated carbocycles. The van der Waals surface area contributed by atoms with Gasteiger partial charge in [-0.15, -0.1) is 0 Å². The lowest BCUT2D eigenvalue weighted by molar-refractivity contribution is 0.399. The van der Waals surface area contributed by atoms with E-state index in [4.69, 9.17) is 9.47 Å². The SMILES string of the molecule is COc1ncccc1-c1cnc(Oc2ccccc2)nc1. The number of aromatic nitrogens is 3. The molecule has 2 heterocycles. The summed E-state index contributed by atoms with van der Waals surface area (Å²) in [5.74, 6) is 1.24. The average Bonchev–Trinajstić information content (AvgIpc) is 2.56. The molecular weight excluding hydrogens is 266 g/mol. The zero-order chi connectivity index (χ0) is 14.5. The summed E-state index contributed by atoms with van der Waals surface area (Å²) in [6, 6.07) is 13.4. The highest BCUT2D eigenvalue weighted by atomic mass is 16.5. The number of para-hydroxylation sites is 1. The number of benzene rings is 1. The van der Waals surface area contributed by atoms with Crippen LogP contribution < -0.4 is 9.47 Å². The fourth-order valence-corrected chi connectivity index (χ4v) is 1.88. The van der Waals surface area contributed by atoms with E-state index in [2.05, 4.69) is 15.0 Å². The smallest absolute Gasteiger partial charge is 0.321 e. The maximum absolute atomic E-state index is 5.56. The number of methoxy groups -OCH3 is 1. The van der Waals surface area contributed by atoms with Gasteiger partial charge in [-0.25, -0.2) is 15.0 Å². The van der Waals surface area contributed by atoms with Gasteiger partial charge < -0.3 is 9.47 Å². The van der Waals surface area contributed by atoms with E-state index in [-0.39, 0.29) is 0 Å². The van der Waals surface area contributed by atoms with E-state index < -0.39 is 0 Å². The molecule has 0 spiro atoms. The van der Waals surface area contributed by atoms with Gasteiger partial charge in [0.2, 0.25) is 5.88 Å². The molecule has 104 valence electrons. The summed E-state index contributed by atoms with van der Waals surface area (Å²) >= 11 is 0. The van der Waals surface area contributed by atoms with Gasteiger partial charge in [0, 0.05) is 29.7 Å². The van der Waals surface area contributed by atoms with E-state index in [9.17, 15) is 0 Å². The molecule has 2 aromatic heterocycles. The van der Waals surface area contributed by atoms with Crippen LogP contribution in [0.3, 0.4) is 0 Å². The summed E-state index contributed by atoms with van der Waals surface area (Å²) in [5, 5.41) is 0. The average molecular weight is 279 g/mol. The van der Waals surface area contributed by atoms with Gasteiger partial charge in [-0.05, 0) is 24.3 Å². The van der Waals surface area contributed by atoms with E-state index in [1.807, 2.05) is 42.5 Å². The van der Waals surface area contributed by atoms with Crippen LogP contribution >= 0.6 is 0 Å². The summed E-state index contributed by atoms with van der Waals surface area (Å²) in [4.78, 5) is 12.6. The van der Waals surface area contributed by atoms with Gasteiger partial charge in [-0.3, -0.25) is 0 Å². The van der Waals surface area contributed by atoms with E-state index in [1.54, 1.807) is 25.7 Å². The monoisotopic (exact) mass is 279 g/mol. The molecule has 0 unspecified atom stereocenters. The maximum Gasteiger partial charge on any atom is 0.321 e. The van der Waals surface area contributed by atoms with Gasteiger partial charge in [-0.1, -0.05) is 18.2 Å². The molecule has 0 atom stereocenters. The molecule has 0 aliphatic carbocycles. The van der Waals surface area contributed by atoms with Crippen molar-refractivity contribution in [2.45, 2.75) is 0 Å². The quantitative estimate of drug-likeness (QED) is 0.733. The Morgan fingerprint density at radius 2 is 1.62 bits per heavy atom. The lowest BCUT2D eigenvalue weighted by Gasteiger charge is -2.07. The van der Waals surface area contributed by atoms with Crippen molar-refractivity contribution >= 4 is 0 Å². The minimum absolute atomic E-state index is 0.299. The normalized spacial score (nSPS) is 10.1. The fraction of sp³-hybridized carbons (Fsp3) is 0.0625. The van der Waals surface area contributed by atoms with E-state index >= 15 is 0 Å². The minimum atomic E-state index is 0.299. The zero-order valence-corrected chi connectivity index (χ0v) is 11.4. The number of nitrogens with zero attached hydrogens (tertiary/aromatic N) is 3. The first kappa shape index (κ1) is 13.1. The van der Waals surface area contributed by atoms with Crippen molar-refractivity contribution in [1.29, 1.82) is 0 Å². The van der Waals surface area contributed by atoms with Crippen LogP contribution in [0.2, 0.25) is 0 Å². The van der Waals surface area contributed by atoms with Crippen LogP contribution in [0.4, 0.5) is 0 Å². The first-order valence-corrected chi connectivity index (χ1v) is 6.41. The summed E-state index contributed by atoms with van der Waals surface area (Å²) in [5.41, 5.74) is 1.66. The molecule has 1 aromatic carbocycles. The molecule has 5 nitrogen and oxygen atoms in total. The first-order chi connectivity index (χ1) is 10.4.